The van der Waals surface area contributed by atoms with Crippen LogP contribution in [-0.2, 0) is 11.2 Å². The highest BCUT2D eigenvalue weighted by Gasteiger charge is 2.69. The van der Waals surface area contributed by atoms with E-state index in [0.717, 1.165) is 42.1 Å². The van der Waals surface area contributed by atoms with Crippen molar-refractivity contribution in [2.24, 2.45) is 47.3 Å². The number of aliphatic carboxylic acids is 1. The summed E-state index contributed by atoms with van der Waals surface area (Å²) in [5.41, 5.74) is 1.31. The van der Waals surface area contributed by atoms with Gasteiger partial charge < -0.3 is 14.6 Å². The van der Waals surface area contributed by atoms with Gasteiger partial charge in [0.2, 0.25) is 6.79 Å². The molecule has 26 heavy (non-hydrogen) atoms. The molecule has 0 aromatic heterocycles. The van der Waals surface area contributed by atoms with Gasteiger partial charge in [0.25, 0.3) is 0 Å². The van der Waals surface area contributed by atoms with Gasteiger partial charge in [-0.2, -0.15) is 0 Å². The van der Waals surface area contributed by atoms with Crippen LogP contribution in [0.1, 0.15) is 24.8 Å². The molecule has 6 aliphatic rings. The van der Waals surface area contributed by atoms with Gasteiger partial charge in [-0.3, -0.25) is 4.79 Å². The molecule has 0 unspecified atom stereocenters. The van der Waals surface area contributed by atoms with Crippen molar-refractivity contribution in [3.63, 3.8) is 0 Å². The maximum Gasteiger partial charge on any atom is 0.307 e. The van der Waals surface area contributed by atoms with E-state index in [4.69, 9.17) is 9.47 Å². The van der Waals surface area contributed by atoms with Gasteiger partial charge >= 0.3 is 5.97 Å². The summed E-state index contributed by atoms with van der Waals surface area (Å²) in [6, 6.07) is 6.26. The molecule has 3 fully saturated rings. The molecule has 4 heteroatoms. The van der Waals surface area contributed by atoms with Gasteiger partial charge in [-0.1, -0.05) is 18.2 Å². The van der Waals surface area contributed by atoms with E-state index in [1.807, 2.05) is 6.07 Å². The fourth-order valence-electron chi connectivity index (χ4n) is 7.25. The Morgan fingerprint density at radius 1 is 1.08 bits per heavy atom. The van der Waals surface area contributed by atoms with Gasteiger partial charge in [-0.25, -0.2) is 0 Å². The Bertz CT molecular complexity index is 799. The zero-order chi connectivity index (χ0) is 17.4. The molecule has 1 heterocycles. The zero-order valence-corrected chi connectivity index (χ0v) is 14.7. The van der Waals surface area contributed by atoms with E-state index in [-0.39, 0.29) is 5.92 Å². The van der Waals surface area contributed by atoms with Gasteiger partial charge in [0.1, 0.15) is 0 Å². The average molecular weight is 352 g/mol. The van der Waals surface area contributed by atoms with Crippen molar-refractivity contribution < 1.29 is 19.4 Å². The number of aryl methyl sites for hydroxylation is 1. The molecule has 0 amide bonds. The quantitative estimate of drug-likeness (QED) is 0.820. The minimum atomic E-state index is -0.556. The lowest BCUT2D eigenvalue weighted by atomic mass is 9.45. The van der Waals surface area contributed by atoms with Crippen molar-refractivity contribution in [3.8, 4) is 11.5 Å². The van der Waals surface area contributed by atoms with Gasteiger partial charge in [-0.15, -0.1) is 0 Å². The fraction of sp³-hybridized carbons (Fsp3) is 0.591. The summed E-state index contributed by atoms with van der Waals surface area (Å²) in [4.78, 5) is 11.8. The highest BCUT2D eigenvalue weighted by Crippen LogP contribution is 2.72. The molecule has 3 saturated carbocycles. The number of ether oxygens (including phenoxy) is 2. The van der Waals surface area contributed by atoms with E-state index in [1.165, 1.54) is 18.4 Å². The molecule has 7 rings (SSSR count). The monoisotopic (exact) mass is 352 g/mol. The minimum absolute atomic E-state index is 0.116. The summed E-state index contributed by atoms with van der Waals surface area (Å²) in [7, 11) is 0. The number of rotatable bonds is 5. The van der Waals surface area contributed by atoms with E-state index < -0.39 is 5.97 Å². The molecule has 1 N–H and O–H groups in total. The molecule has 5 aliphatic carbocycles. The number of allylic oxidation sites excluding steroid dienone is 2. The molecular weight excluding hydrogens is 328 g/mol. The van der Waals surface area contributed by atoms with Crippen molar-refractivity contribution >= 4 is 5.97 Å². The van der Waals surface area contributed by atoms with Crippen LogP contribution in [0.3, 0.4) is 0 Å². The molecule has 4 nitrogen and oxygen atoms in total. The summed E-state index contributed by atoms with van der Waals surface area (Å²) in [6.45, 7) is 0.327. The second kappa shape index (κ2) is 5.28. The van der Waals surface area contributed by atoms with Crippen LogP contribution in [0.15, 0.2) is 30.4 Å². The normalized spacial score (nSPS) is 42.8. The van der Waals surface area contributed by atoms with Crippen molar-refractivity contribution in [3.05, 3.63) is 35.9 Å². The zero-order valence-electron chi connectivity index (χ0n) is 14.7. The van der Waals surface area contributed by atoms with Gasteiger partial charge in [-0.05, 0) is 84.8 Å². The largest absolute Gasteiger partial charge is 0.481 e. The van der Waals surface area contributed by atoms with Gasteiger partial charge in [0.15, 0.2) is 11.5 Å². The van der Waals surface area contributed by atoms with E-state index in [9.17, 15) is 9.90 Å². The fourth-order valence-corrected chi connectivity index (χ4v) is 7.25. The summed E-state index contributed by atoms with van der Waals surface area (Å²) in [5.74, 6) is 5.25. The summed E-state index contributed by atoms with van der Waals surface area (Å²) in [5, 5.41) is 9.75. The molecule has 1 aromatic carbocycles. The van der Waals surface area contributed by atoms with Crippen molar-refractivity contribution in [2.45, 2.75) is 25.7 Å². The number of hydrogen-bond acceptors (Lipinski definition) is 3. The predicted octanol–water partition coefficient (Wildman–Crippen LogP) is 3.75. The van der Waals surface area contributed by atoms with Crippen LogP contribution in [0.5, 0.6) is 11.5 Å². The lowest BCUT2D eigenvalue weighted by Crippen LogP contribution is -2.56. The van der Waals surface area contributed by atoms with Crippen LogP contribution in [0.2, 0.25) is 0 Å². The van der Waals surface area contributed by atoms with Crippen molar-refractivity contribution in [1.82, 2.24) is 0 Å². The first-order valence-electron chi connectivity index (χ1n) is 10.0. The van der Waals surface area contributed by atoms with Crippen molar-refractivity contribution in [2.75, 3.05) is 6.79 Å². The SMILES string of the molecule is O=C(O)[C@H]1[C@H]2C=C[C@H]3[C@@H]1C[C@H]1[C@H](CCCc4ccc5c(c4)OCO5)[C@@H]2[C@@H]31. The topological polar surface area (TPSA) is 55.8 Å². The lowest BCUT2D eigenvalue weighted by Gasteiger charge is -2.59. The Hall–Kier alpha value is -1.97. The number of hydrogen-bond donors (Lipinski definition) is 1. The summed E-state index contributed by atoms with van der Waals surface area (Å²) in [6.07, 6.45) is 9.24. The number of fused-ring (bicyclic) bond motifs is 1. The highest BCUT2D eigenvalue weighted by molar-refractivity contribution is 5.72. The molecule has 0 spiro atoms. The third-order valence-electron chi connectivity index (χ3n) is 8.07. The van der Waals surface area contributed by atoms with Gasteiger partial charge in [0, 0.05) is 0 Å². The predicted molar refractivity (Wildman–Crippen MR) is 94.8 cm³/mol. The molecule has 8 atom stereocenters. The Labute approximate surface area is 153 Å². The summed E-state index contributed by atoms with van der Waals surface area (Å²) < 4.78 is 10.9. The maximum absolute atomic E-state index is 11.8. The van der Waals surface area contributed by atoms with Crippen LogP contribution < -0.4 is 9.47 Å². The Morgan fingerprint density at radius 2 is 1.92 bits per heavy atom. The van der Waals surface area contributed by atoms with Crippen LogP contribution in [-0.4, -0.2) is 17.9 Å². The Balaban J connectivity index is 1.15. The molecular formula is C22H24O4. The van der Waals surface area contributed by atoms with E-state index in [0.29, 0.717) is 30.5 Å². The molecule has 0 radical (unpaired) electrons. The first-order valence-corrected chi connectivity index (χ1v) is 10.0. The van der Waals surface area contributed by atoms with Crippen LogP contribution in [0, 0.1) is 47.3 Å². The van der Waals surface area contributed by atoms with Crippen LogP contribution >= 0.6 is 0 Å². The smallest absolute Gasteiger partial charge is 0.307 e. The molecule has 4 bridgehead atoms. The standard InChI is InChI=1S/C22H24O4/c23-22(24)21-14-6-5-13-16(21)9-15-12(19(14)20(13)15)3-1-2-11-4-7-17-18(8-11)26-10-25-17/h4-8,12-16,19-21H,1-3,9-10H2,(H,23,24)/t12-,13-,14-,15-,16-,19-,20-,21-/m0/s1. The second-order valence-corrected chi connectivity index (χ2v) is 8.87. The molecule has 136 valence electrons. The van der Waals surface area contributed by atoms with E-state index >= 15 is 0 Å². The highest BCUT2D eigenvalue weighted by atomic mass is 16.7. The van der Waals surface area contributed by atoms with Crippen LogP contribution in [0.4, 0.5) is 0 Å². The minimum Gasteiger partial charge on any atom is -0.481 e. The summed E-state index contributed by atoms with van der Waals surface area (Å²) >= 11 is 0. The third-order valence-corrected chi connectivity index (χ3v) is 8.07. The average Bonchev–Trinajstić information content (AvgIpc) is 3.17. The Kier molecular flexibility index (Phi) is 3.07. The van der Waals surface area contributed by atoms with Gasteiger partial charge in [0.05, 0.1) is 5.92 Å². The number of carboxylic acids is 1. The molecule has 1 aromatic rings. The number of carbonyl (C=O) groups is 1. The van der Waals surface area contributed by atoms with Crippen LogP contribution in [0.25, 0.3) is 0 Å². The second-order valence-electron chi connectivity index (χ2n) is 8.87. The van der Waals surface area contributed by atoms with E-state index in [1.54, 1.807) is 0 Å². The molecule has 1 aliphatic heterocycles. The van der Waals surface area contributed by atoms with Crippen molar-refractivity contribution in [1.29, 1.82) is 0 Å². The first-order chi connectivity index (χ1) is 12.7. The molecule has 0 saturated heterocycles. The lowest BCUT2D eigenvalue weighted by molar-refractivity contribution is -0.155. The number of carboxylic acid groups (broad SMARTS) is 1. The first kappa shape index (κ1) is 15.1. The number of benzene rings is 1. The Morgan fingerprint density at radius 3 is 2.81 bits per heavy atom. The maximum atomic E-state index is 11.8. The third kappa shape index (κ3) is 1.88. The van der Waals surface area contributed by atoms with E-state index in [2.05, 4.69) is 24.3 Å².